The first-order valence-electron chi connectivity index (χ1n) is 8.13. The number of nitrogens with zero attached hydrogens (tertiary/aromatic N) is 2. The molecule has 0 amide bonds. The van der Waals surface area contributed by atoms with Crippen molar-refractivity contribution >= 4 is 11.0 Å². The van der Waals surface area contributed by atoms with Crippen LogP contribution in [0.3, 0.4) is 0 Å². The number of imidazole rings is 1. The number of rotatable bonds is 7. The summed E-state index contributed by atoms with van der Waals surface area (Å²) in [5.41, 5.74) is 2.59. The Morgan fingerprint density at radius 2 is 1.95 bits per heavy atom. The van der Waals surface area contributed by atoms with Crippen molar-refractivity contribution in [1.29, 1.82) is 0 Å². The van der Waals surface area contributed by atoms with Crippen molar-refractivity contribution < 1.29 is 0 Å². The molecule has 0 aliphatic carbocycles. The van der Waals surface area contributed by atoms with Gasteiger partial charge >= 0.3 is 0 Å². The molecule has 0 aliphatic heterocycles. The van der Waals surface area contributed by atoms with E-state index in [0.717, 1.165) is 18.5 Å². The van der Waals surface area contributed by atoms with Gasteiger partial charge < -0.3 is 9.88 Å². The van der Waals surface area contributed by atoms with Gasteiger partial charge in [0.05, 0.1) is 11.0 Å². The quantitative estimate of drug-likeness (QED) is 0.836. The lowest BCUT2D eigenvalue weighted by Crippen LogP contribution is -2.44. The van der Waals surface area contributed by atoms with Gasteiger partial charge in [0, 0.05) is 19.5 Å². The van der Waals surface area contributed by atoms with Gasteiger partial charge in [-0.15, -0.1) is 0 Å². The van der Waals surface area contributed by atoms with Crippen molar-refractivity contribution in [3.8, 4) is 0 Å². The molecule has 0 radical (unpaired) electrons. The highest BCUT2D eigenvalue weighted by Crippen LogP contribution is 2.28. The minimum absolute atomic E-state index is 0.271. The highest BCUT2D eigenvalue weighted by molar-refractivity contribution is 5.75. The predicted octanol–water partition coefficient (Wildman–Crippen LogP) is 3.92. The molecule has 0 saturated heterocycles. The molecule has 0 aliphatic rings. The molecular weight excluding hydrogens is 258 g/mol. The fraction of sp³-hybridized carbons (Fsp3) is 0.611. The van der Waals surface area contributed by atoms with Crippen molar-refractivity contribution in [3.63, 3.8) is 0 Å². The molecule has 1 aromatic carbocycles. The van der Waals surface area contributed by atoms with E-state index in [1.54, 1.807) is 0 Å². The number of hydrogen-bond donors (Lipinski definition) is 1. The minimum Gasteiger partial charge on any atom is -0.331 e. The van der Waals surface area contributed by atoms with E-state index in [-0.39, 0.29) is 5.41 Å². The molecule has 3 nitrogen and oxygen atoms in total. The molecule has 1 aromatic heterocycles. The van der Waals surface area contributed by atoms with Crippen molar-refractivity contribution in [2.24, 2.45) is 12.5 Å². The zero-order chi connectivity index (χ0) is 15.5. The minimum atomic E-state index is 0.271. The number of aryl methyl sites for hydroxylation is 1. The van der Waals surface area contributed by atoms with Gasteiger partial charge in [-0.05, 0) is 36.9 Å². The first kappa shape index (κ1) is 16.0. The second kappa shape index (κ2) is 6.61. The maximum absolute atomic E-state index is 4.83. The fourth-order valence-electron chi connectivity index (χ4n) is 2.75. The predicted molar refractivity (Wildman–Crippen MR) is 90.6 cm³/mol. The van der Waals surface area contributed by atoms with E-state index in [1.807, 2.05) is 0 Å². The lowest BCUT2D eigenvalue weighted by molar-refractivity contribution is 0.227. The van der Waals surface area contributed by atoms with Gasteiger partial charge in [-0.3, -0.25) is 0 Å². The highest BCUT2D eigenvalue weighted by Gasteiger charge is 2.28. The van der Waals surface area contributed by atoms with Crippen LogP contribution in [-0.4, -0.2) is 22.1 Å². The normalized spacial score (nSPS) is 13.8. The zero-order valence-electron chi connectivity index (χ0n) is 14.1. The third-order valence-electron chi connectivity index (χ3n) is 4.76. The molecule has 1 heterocycles. The topological polar surface area (TPSA) is 29.9 Å². The monoisotopic (exact) mass is 287 g/mol. The van der Waals surface area contributed by atoms with Crippen LogP contribution in [0.25, 0.3) is 11.0 Å². The molecule has 1 unspecified atom stereocenters. The number of fused-ring (bicyclic) bond motifs is 1. The van der Waals surface area contributed by atoms with Gasteiger partial charge in [-0.2, -0.15) is 0 Å². The Morgan fingerprint density at radius 3 is 2.57 bits per heavy atom. The Bertz CT molecular complexity index is 583. The molecule has 0 bridgehead atoms. The van der Waals surface area contributed by atoms with E-state index in [0.29, 0.717) is 6.04 Å². The second-order valence-electron chi connectivity index (χ2n) is 6.63. The van der Waals surface area contributed by atoms with Crippen molar-refractivity contribution in [3.05, 3.63) is 30.1 Å². The molecule has 2 rings (SSSR count). The van der Waals surface area contributed by atoms with Crippen LogP contribution in [0, 0.1) is 5.41 Å². The third kappa shape index (κ3) is 3.46. The molecular formula is C18H29N3. The zero-order valence-corrected chi connectivity index (χ0v) is 14.1. The van der Waals surface area contributed by atoms with E-state index in [1.165, 1.54) is 24.2 Å². The molecule has 2 aromatic rings. The fourth-order valence-corrected chi connectivity index (χ4v) is 2.75. The Kier molecular flexibility index (Phi) is 5.04. The average molecular weight is 287 g/mol. The summed E-state index contributed by atoms with van der Waals surface area (Å²) in [6.45, 7) is 10.3. The Morgan fingerprint density at radius 1 is 1.24 bits per heavy atom. The molecule has 1 atom stereocenters. The van der Waals surface area contributed by atoms with Crippen LogP contribution in [0.1, 0.15) is 46.4 Å². The Labute approximate surface area is 128 Å². The maximum Gasteiger partial charge on any atom is 0.111 e. The van der Waals surface area contributed by atoms with Crippen LogP contribution in [0.4, 0.5) is 0 Å². The number of aromatic nitrogens is 2. The van der Waals surface area contributed by atoms with Crippen LogP contribution in [0.2, 0.25) is 0 Å². The van der Waals surface area contributed by atoms with Crippen molar-refractivity contribution in [1.82, 2.24) is 14.9 Å². The highest BCUT2D eigenvalue weighted by atomic mass is 15.1. The lowest BCUT2D eigenvalue weighted by Gasteiger charge is -2.34. The number of hydrogen-bond acceptors (Lipinski definition) is 2. The Hall–Kier alpha value is -1.35. The number of nitrogens with one attached hydrogen (secondary N) is 1. The van der Waals surface area contributed by atoms with Crippen LogP contribution in [-0.2, 0) is 13.5 Å². The number of benzene rings is 1. The van der Waals surface area contributed by atoms with E-state index in [4.69, 9.17) is 4.98 Å². The van der Waals surface area contributed by atoms with Crippen molar-refractivity contribution in [2.45, 2.75) is 53.0 Å². The maximum atomic E-state index is 4.83. The van der Waals surface area contributed by atoms with Crippen LogP contribution in [0.5, 0.6) is 0 Å². The summed E-state index contributed by atoms with van der Waals surface area (Å²) >= 11 is 0. The molecule has 3 heteroatoms. The van der Waals surface area contributed by atoms with Gasteiger partial charge in [-0.1, -0.05) is 39.8 Å². The van der Waals surface area contributed by atoms with Gasteiger partial charge in [0.25, 0.3) is 0 Å². The Balaban J connectivity index is 2.27. The summed E-state index contributed by atoms with van der Waals surface area (Å²) in [6, 6.07) is 8.83. The largest absolute Gasteiger partial charge is 0.331 e. The van der Waals surface area contributed by atoms with Crippen LogP contribution in [0.15, 0.2) is 24.3 Å². The summed E-state index contributed by atoms with van der Waals surface area (Å²) in [5.74, 6) is 1.17. The third-order valence-corrected chi connectivity index (χ3v) is 4.76. The van der Waals surface area contributed by atoms with Crippen LogP contribution < -0.4 is 5.32 Å². The smallest absolute Gasteiger partial charge is 0.111 e. The van der Waals surface area contributed by atoms with E-state index >= 15 is 0 Å². The molecule has 21 heavy (non-hydrogen) atoms. The molecule has 0 fully saturated rings. The molecule has 116 valence electrons. The van der Waals surface area contributed by atoms with Gasteiger partial charge in [0.15, 0.2) is 0 Å². The summed E-state index contributed by atoms with van der Waals surface area (Å²) in [6.07, 6.45) is 3.31. The summed E-state index contributed by atoms with van der Waals surface area (Å²) < 4.78 is 2.24. The SMILES string of the molecule is CCCNC(Cc1nc2ccccc2n1C)C(C)(C)CC. The average Bonchev–Trinajstić information content (AvgIpc) is 2.80. The summed E-state index contributed by atoms with van der Waals surface area (Å²) in [5, 5.41) is 3.73. The molecule has 0 spiro atoms. The number of para-hydroxylation sites is 2. The van der Waals surface area contributed by atoms with Gasteiger partial charge in [0.1, 0.15) is 5.82 Å². The summed E-state index contributed by atoms with van der Waals surface area (Å²) in [7, 11) is 2.13. The first-order valence-corrected chi connectivity index (χ1v) is 8.13. The summed E-state index contributed by atoms with van der Waals surface area (Å²) in [4.78, 5) is 4.83. The molecule has 1 N–H and O–H groups in total. The first-order chi connectivity index (χ1) is 9.99. The second-order valence-corrected chi connectivity index (χ2v) is 6.63. The van der Waals surface area contributed by atoms with Crippen molar-refractivity contribution in [2.75, 3.05) is 6.54 Å². The van der Waals surface area contributed by atoms with E-state index in [2.05, 4.69) is 68.9 Å². The van der Waals surface area contributed by atoms with Crippen LogP contribution >= 0.6 is 0 Å². The van der Waals surface area contributed by atoms with E-state index < -0.39 is 0 Å². The van der Waals surface area contributed by atoms with Gasteiger partial charge in [0.2, 0.25) is 0 Å². The van der Waals surface area contributed by atoms with E-state index in [9.17, 15) is 0 Å². The molecule has 0 saturated carbocycles. The lowest BCUT2D eigenvalue weighted by atomic mass is 9.80. The van der Waals surface area contributed by atoms with Gasteiger partial charge in [-0.25, -0.2) is 4.98 Å². The standard InChI is InChI=1S/C18H29N3/c1-6-12-19-16(18(3,4)7-2)13-17-20-14-10-8-9-11-15(14)21(17)5/h8-11,16,19H,6-7,12-13H2,1-5H3.